The Morgan fingerprint density at radius 3 is 2.43 bits per heavy atom. The first-order valence-electron chi connectivity index (χ1n) is 7.12. The van der Waals surface area contributed by atoms with Crippen LogP contribution in [0.25, 0.3) is 11.3 Å². The molecule has 0 aliphatic rings. The Bertz CT molecular complexity index is 674. The number of carbonyl (C=O) groups excluding carboxylic acids is 1. The number of pyridine rings is 1. The third kappa shape index (κ3) is 3.45. The van der Waals surface area contributed by atoms with E-state index in [0.717, 1.165) is 24.8 Å². The van der Waals surface area contributed by atoms with Crippen molar-refractivity contribution in [2.75, 3.05) is 0 Å². The second kappa shape index (κ2) is 6.97. The molecule has 0 amide bonds. The van der Waals surface area contributed by atoms with Gasteiger partial charge in [-0.05, 0) is 48.4 Å². The van der Waals surface area contributed by atoms with Gasteiger partial charge in [-0.25, -0.2) is 4.39 Å². The highest BCUT2D eigenvalue weighted by Gasteiger charge is 2.10. The van der Waals surface area contributed by atoms with Crippen molar-refractivity contribution in [2.45, 2.75) is 32.7 Å². The molecule has 0 aliphatic heterocycles. The first kappa shape index (κ1) is 15.2. The van der Waals surface area contributed by atoms with E-state index in [1.54, 1.807) is 22.8 Å². The molecule has 2 rings (SSSR count). The Morgan fingerprint density at radius 2 is 1.81 bits per heavy atom. The lowest BCUT2D eigenvalue weighted by molar-refractivity contribution is 0.112. The normalized spacial score (nSPS) is 10.6. The van der Waals surface area contributed by atoms with Crippen LogP contribution in [-0.2, 0) is 6.54 Å². The second-order valence-corrected chi connectivity index (χ2v) is 4.96. The molecule has 1 aromatic heterocycles. The molecular weight excluding hydrogens is 269 g/mol. The SMILES string of the molecule is CCCCCn1c(-c2ccc(F)cc2)ccc(C=O)c1=O. The summed E-state index contributed by atoms with van der Waals surface area (Å²) in [7, 11) is 0. The van der Waals surface area contributed by atoms with Gasteiger partial charge in [0, 0.05) is 6.54 Å². The van der Waals surface area contributed by atoms with Crippen molar-refractivity contribution in [3.8, 4) is 11.3 Å². The molecule has 3 nitrogen and oxygen atoms in total. The molecule has 0 unspecified atom stereocenters. The summed E-state index contributed by atoms with van der Waals surface area (Å²) in [6, 6.07) is 9.27. The van der Waals surface area contributed by atoms with E-state index >= 15 is 0 Å². The Balaban J connectivity index is 2.48. The van der Waals surface area contributed by atoms with E-state index in [0.29, 0.717) is 18.5 Å². The molecule has 0 atom stereocenters. The lowest BCUT2D eigenvalue weighted by atomic mass is 10.1. The molecule has 110 valence electrons. The molecule has 1 heterocycles. The van der Waals surface area contributed by atoms with Gasteiger partial charge >= 0.3 is 0 Å². The number of hydrogen-bond donors (Lipinski definition) is 0. The fourth-order valence-corrected chi connectivity index (χ4v) is 2.30. The van der Waals surface area contributed by atoms with E-state index in [1.807, 2.05) is 0 Å². The molecule has 4 heteroatoms. The number of unbranched alkanes of at least 4 members (excludes halogenated alkanes) is 2. The van der Waals surface area contributed by atoms with Crippen molar-refractivity contribution in [3.63, 3.8) is 0 Å². The van der Waals surface area contributed by atoms with Gasteiger partial charge in [0.25, 0.3) is 5.56 Å². The molecule has 0 spiro atoms. The molecule has 21 heavy (non-hydrogen) atoms. The molecular formula is C17H18FNO2. The van der Waals surface area contributed by atoms with Gasteiger partial charge in [0.15, 0.2) is 6.29 Å². The van der Waals surface area contributed by atoms with E-state index in [9.17, 15) is 14.0 Å². The van der Waals surface area contributed by atoms with Crippen molar-refractivity contribution < 1.29 is 9.18 Å². The maximum absolute atomic E-state index is 13.0. The number of nitrogens with zero attached hydrogens (tertiary/aromatic N) is 1. The lowest BCUT2D eigenvalue weighted by Crippen LogP contribution is -2.25. The first-order valence-corrected chi connectivity index (χ1v) is 7.12. The standard InChI is InChI=1S/C17H18FNO2/c1-2-3-4-11-19-16(10-7-14(12-20)17(19)21)13-5-8-15(18)9-6-13/h5-10,12H,2-4,11H2,1H3. The smallest absolute Gasteiger partial charge is 0.261 e. The van der Waals surface area contributed by atoms with Gasteiger partial charge in [-0.1, -0.05) is 19.8 Å². The van der Waals surface area contributed by atoms with Crippen LogP contribution in [0.4, 0.5) is 4.39 Å². The van der Waals surface area contributed by atoms with Crippen molar-refractivity contribution in [1.82, 2.24) is 4.57 Å². The number of benzene rings is 1. The third-order valence-electron chi connectivity index (χ3n) is 3.46. The molecule has 1 aromatic carbocycles. The highest BCUT2D eigenvalue weighted by atomic mass is 19.1. The highest BCUT2D eigenvalue weighted by molar-refractivity contribution is 5.75. The summed E-state index contributed by atoms with van der Waals surface area (Å²) in [4.78, 5) is 23.3. The largest absolute Gasteiger partial charge is 0.308 e. The third-order valence-corrected chi connectivity index (χ3v) is 3.46. The molecule has 0 N–H and O–H groups in total. The zero-order valence-electron chi connectivity index (χ0n) is 12.0. The van der Waals surface area contributed by atoms with E-state index in [1.165, 1.54) is 18.2 Å². The number of halogens is 1. The molecule has 0 fully saturated rings. The van der Waals surface area contributed by atoms with E-state index in [-0.39, 0.29) is 16.9 Å². The highest BCUT2D eigenvalue weighted by Crippen LogP contribution is 2.19. The van der Waals surface area contributed by atoms with Crippen LogP contribution in [0.2, 0.25) is 0 Å². The quantitative estimate of drug-likeness (QED) is 0.601. The average molecular weight is 287 g/mol. The minimum atomic E-state index is -0.317. The van der Waals surface area contributed by atoms with Gasteiger partial charge in [0.2, 0.25) is 0 Å². The Labute approximate surface area is 123 Å². The van der Waals surface area contributed by atoms with Crippen LogP contribution in [0.3, 0.4) is 0 Å². The fraction of sp³-hybridized carbons (Fsp3) is 0.294. The maximum Gasteiger partial charge on any atom is 0.261 e. The summed E-state index contributed by atoms with van der Waals surface area (Å²) >= 11 is 0. The van der Waals surface area contributed by atoms with Crippen LogP contribution in [0.5, 0.6) is 0 Å². The second-order valence-electron chi connectivity index (χ2n) is 4.96. The summed E-state index contributed by atoms with van der Waals surface area (Å²) < 4.78 is 14.6. The molecule has 0 aliphatic carbocycles. The van der Waals surface area contributed by atoms with Crippen LogP contribution in [0.15, 0.2) is 41.2 Å². The number of rotatable bonds is 6. The average Bonchev–Trinajstić information content (AvgIpc) is 2.50. The van der Waals surface area contributed by atoms with Crippen LogP contribution in [0.1, 0.15) is 36.5 Å². The number of aldehydes is 1. The molecule has 0 saturated carbocycles. The molecule has 2 aromatic rings. The molecule has 0 saturated heterocycles. The van der Waals surface area contributed by atoms with Crippen molar-refractivity contribution in [3.05, 3.63) is 58.1 Å². The van der Waals surface area contributed by atoms with Gasteiger partial charge < -0.3 is 4.57 Å². The number of carbonyl (C=O) groups is 1. The summed E-state index contributed by atoms with van der Waals surface area (Å²) in [5, 5.41) is 0. The predicted octanol–water partition coefficient (Wildman–Crippen LogP) is 3.66. The first-order chi connectivity index (χ1) is 10.2. The predicted molar refractivity (Wildman–Crippen MR) is 81.0 cm³/mol. The Morgan fingerprint density at radius 1 is 1.10 bits per heavy atom. The Hall–Kier alpha value is -2.23. The zero-order valence-corrected chi connectivity index (χ0v) is 12.0. The zero-order chi connectivity index (χ0) is 15.2. The van der Waals surface area contributed by atoms with Gasteiger partial charge in [-0.2, -0.15) is 0 Å². The lowest BCUT2D eigenvalue weighted by Gasteiger charge is -2.13. The number of hydrogen-bond acceptors (Lipinski definition) is 2. The Kier molecular flexibility index (Phi) is 5.04. The molecule has 0 radical (unpaired) electrons. The topological polar surface area (TPSA) is 39.1 Å². The van der Waals surface area contributed by atoms with Crippen LogP contribution in [-0.4, -0.2) is 10.9 Å². The van der Waals surface area contributed by atoms with Gasteiger partial charge in [0.05, 0.1) is 11.3 Å². The summed E-state index contributed by atoms with van der Waals surface area (Å²) in [5.41, 5.74) is 1.34. The van der Waals surface area contributed by atoms with E-state index in [4.69, 9.17) is 0 Å². The minimum Gasteiger partial charge on any atom is -0.308 e. The monoisotopic (exact) mass is 287 g/mol. The van der Waals surface area contributed by atoms with Crippen LogP contribution < -0.4 is 5.56 Å². The fourth-order valence-electron chi connectivity index (χ4n) is 2.30. The van der Waals surface area contributed by atoms with Crippen LogP contribution in [0, 0.1) is 5.82 Å². The number of aromatic nitrogens is 1. The van der Waals surface area contributed by atoms with Gasteiger partial charge in [0.1, 0.15) is 5.82 Å². The van der Waals surface area contributed by atoms with Crippen molar-refractivity contribution in [2.24, 2.45) is 0 Å². The maximum atomic E-state index is 13.0. The summed E-state index contributed by atoms with van der Waals surface area (Å²) in [6.45, 7) is 2.65. The summed E-state index contributed by atoms with van der Waals surface area (Å²) in [6.07, 6.45) is 3.51. The van der Waals surface area contributed by atoms with E-state index < -0.39 is 0 Å². The molecule has 0 bridgehead atoms. The van der Waals surface area contributed by atoms with E-state index in [2.05, 4.69) is 6.92 Å². The summed E-state index contributed by atoms with van der Waals surface area (Å²) in [5.74, 6) is -0.317. The van der Waals surface area contributed by atoms with Gasteiger partial charge in [-0.3, -0.25) is 9.59 Å². The minimum absolute atomic E-state index is 0.150. The van der Waals surface area contributed by atoms with Crippen molar-refractivity contribution >= 4 is 6.29 Å². The van der Waals surface area contributed by atoms with Crippen LogP contribution >= 0.6 is 0 Å². The van der Waals surface area contributed by atoms with Crippen molar-refractivity contribution in [1.29, 1.82) is 0 Å². The van der Waals surface area contributed by atoms with Gasteiger partial charge in [-0.15, -0.1) is 0 Å².